The van der Waals surface area contributed by atoms with Crippen molar-refractivity contribution in [3.63, 3.8) is 0 Å². The Morgan fingerprint density at radius 1 is 1.38 bits per heavy atom. The van der Waals surface area contributed by atoms with Gasteiger partial charge in [0.2, 0.25) is 0 Å². The van der Waals surface area contributed by atoms with E-state index in [1.165, 1.54) is 0 Å². The van der Waals surface area contributed by atoms with Gasteiger partial charge in [0.25, 0.3) is 0 Å². The molecule has 1 aliphatic heterocycles. The zero-order valence-corrected chi connectivity index (χ0v) is 13.4. The molecule has 1 fully saturated rings. The third-order valence-electron chi connectivity index (χ3n) is 3.91. The molecule has 1 atom stereocenters. The van der Waals surface area contributed by atoms with Crippen LogP contribution < -0.4 is 10.1 Å². The van der Waals surface area contributed by atoms with E-state index in [2.05, 4.69) is 5.32 Å². The van der Waals surface area contributed by atoms with Gasteiger partial charge in [0.05, 0.1) is 24.2 Å². The number of nitrogens with one attached hydrogen (secondary N) is 1. The molecule has 1 unspecified atom stereocenters. The van der Waals surface area contributed by atoms with Gasteiger partial charge in [-0.1, -0.05) is 6.07 Å². The van der Waals surface area contributed by atoms with Gasteiger partial charge in [-0.25, -0.2) is 8.42 Å². The van der Waals surface area contributed by atoms with Crippen molar-refractivity contribution in [2.24, 2.45) is 0 Å². The van der Waals surface area contributed by atoms with Crippen molar-refractivity contribution in [2.45, 2.75) is 26.3 Å². The van der Waals surface area contributed by atoms with Gasteiger partial charge in [-0.05, 0) is 31.0 Å². The van der Waals surface area contributed by atoms with Gasteiger partial charge < -0.3 is 10.1 Å². The van der Waals surface area contributed by atoms with Crippen LogP contribution in [0, 0.1) is 13.8 Å². The molecule has 1 N–H and O–H groups in total. The molecule has 1 heterocycles. The number of ketones is 1. The quantitative estimate of drug-likeness (QED) is 0.848. The van der Waals surface area contributed by atoms with E-state index in [1.807, 2.05) is 19.9 Å². The molecule has 1 aromatic rings. The smallest absolute Gasteiger partial charge is 0.168 e. The summed E-state index contributed by atoms with van der Waals surface area (Å²) in [5, 5.41) is 3.10. The normalized spacial score (nSPS) is 21.0. The van der Waals surface area contributed by atoms with Gasteiger partial charge in [0.1, 0.15) is 5.75 Å². The molecule has 0 saturated carbocycles. The standard InChI is InChI=1S/C15H21NO4S/c1-10-4-5-13(15(20-3)11(10)2)14(17)8-12-9-21(18,19)7-6-16-12/h4-5,12,16H,6-9H2,1-3H3. The second-order valence-electron chi connectivity index (χ2n) is 5.48. The Hall–Kier alpha value is -1.40. The summed E-state index contributed by atoms with van der Waals surface area (Å²) in [5.41, 5.74) is 2.51. The Bertz CT molecular complexity index is 652. The van der Waals surface area contributed by atoms with E-state index < -0.39 is 9.84 Å². The molecule has 0 radical (unpaired) electrons. The maximum Gasteiger partial charge on any atom is 0.168 e. The Morgan fingerprint density at radius 3 is 2.71 bits per heavy atom. The summed E-state index contributed by atoms with van der Waals surface area (Å²) in [6, 6.07) is 3.32. The largest absolute Gasteiger partial charge is 0.496 e. The molecule has 0 spiro atoms. The van der Waals surface area contributed by atoms with Crippen LogP contribution in [0.1, 0.15) is 27.9 Å². The van der Waals surface area contributed by atoms with Crippen LogP contribution in [0.2, 0.25) is 0 Å². The van der Waals surface area contributed by atoms with Crippen molar-refractivity contribution in [3.8, 4) is 5.75 Å². The molecular formula is C15H21NO4S. The number of ether oxygens (including phenoxy) is 1. The highest BCUT2D eigenvalue weighted by Crippen LogP contribution is 2.27. The fourth-order valence-electron chi connectivity index (χ4n) is 2.60. The molecule has 1 aliphatic rings. The minimum absolute atomic E-state index is 0.0197. The summed E-state index contributed by atoms with van der Waals surface area (Å²) in [7, 11) is -1.49. The van der Waals surface area contributed by atoms with Crippen LogP contribution in [0.5, 0.6) is 5.75 Å². The molecule has 0 bridgehead atoms. The molecule has 0 amide bonds. The number of Topliss-reactive ketones (excluding diaryl/α,β-unsaturated/α-hetero) is 1. The monoisotopic (exact) mass is 311 g/mol. The summed E-state index contributed by atoms with van der Waals surface area (Å²) in [6.45, 7) is 4.28. The fourth-order valence-corrected chi connectivity index (χ4v) is 4.05. The Labute approximate surface area is 125 Å². The number of benzene rings is 1. The summed E-state index contributed by atoms with van der Waals surface area (Å²) in [4.78, 5) is 12.5. The van der Waals surface area contributed by atoms with Gasteiger partial charge >= 0.3 is 0 Å². The minimum Gasteiger partial charge on any atom is -0.496 e. The molecule has 6 heteroatoms. The first-order valence-electron chi connectivity index (χ1n) is 6.95. The average molecular weight is 311 g/mol. The minimum atomic E-state index is -3.04. The molecule has 21 heavy (non-hydrogen) atoms. The van der Waals surface area contributed by atoms with Crippen LogP contribution in [0.25, 0.3) is 0 Å². The van der Waals surface area contributed by atoms with Crippen molar-refractivity contribution < 1.29 is 17.9 Å². The van der Waals surface area contributed by atoms with E-state index in [9.17, 15) is 13.2 Å². The molecule has 1 aromatic carbocycles. The summed E-state index contributed by atoms with van der Waals surface area (Å²) in [5.74, 6) is 0.652. The van der Waals surface area contributed by atoms with Gasteiger partial charge in [-0.15, -0.1) is 0 Å². The number of methoxy groups -OCH3 is 1. The molecule has 2 rings (SSSR count). The lowest BCUT2D eigenvalue weighted by molar-refractivity contribution is 0.0968. The average Bonchev–Trinajstić information content (AvgIpc) is 2.40. The predicted molar refractivity (Wildman–Crippen MR) is 81.9 cm³/mol. The lowest BCUT2D eigenvalue weighted by Gasteiger charge is -2.23. The van der Waals surface area contributed by atoms with Gasteiger partial charge in [-0.2, -0.15) is 0 Å². The van der Waals surface area contributed by atoms with E-state index >= 15 is 0 Å². The Kier molecular flexibility index (Phi) is 4.68. The zero-order chi connectivity index (χ0) is 15.6. The number of sulfone groups is 1. The van der Waals surface area contributed by atoms with Gasteiger partial charge in [0.15, 0.2) is 15.6 Å². The van der Waals surface area contributed by atoms with Crippen molar-refractivity contribution in [1.82, 2.24) is 5.32 Å². The number of aryl methyl sites for hydroxylation is 1. The van der Waals surface area contributed by atoms with Gasteiger partial charge in [-0.3, -0.25) is 4.79 Å². The van der Waals surface area contributed by atoms with Crippen molar-refractivity contribution in [3.05, 3.63) is 28.8 Å². The number of hydrogen-bond acceptors (Lipinski definition) is 5. The first-order chi connectivity index (χ1) is 9.84. The first-order valence-corrected chi connectivity index (χ1v) is 8.77. The third kappa shape index (κ3) is 3.63. The van der Waals surface area contributed by atoms with E-state index in [1.54, 1.807) is 13.2 Å². The highest BCUT2D eigenvalue weighted by atomic mass is 32.2. The van der Waals surface area contributed by atoms with Crippen molar-refractivity contribution in [2.75, 3.05) is 25.2 Å². The predicted octanol–water partition coefficient (Wildman–Crippen LogP) is 1.27. The van der Waals surface area contributed by atoms with E-state index in [-0.39, 0.29) is 29.8 Å². The van der Waals surface area contributed by atoms with E-state index in [0.29, 0.717) is 17.9 Å². The maximum atomic E-state index is 12.5. The van der Waals surface area contributed by atoms with Crippen LogP contribution in [-0.4, -0.2) is 45.4 Å². The molecule has 0 aromatic heterocycles. The maximum absolute atomic E-state index is 12.5. The number of carbonyl (C=O) groups excluding carboxylic acids is 1. The Morgan fingerprint density at radius 2 is 2.10 bits per heavy atom. The van der Waals surface area contributed by atoms with Crippen LogP contribution >= 0.6 is 0 Å². The van der Waals surface area contributed by atoms with Crippen molar-refractivity contribution >= 4 is 15.6 Å². The summed E-state index contributed by atoms with van der Waals surface area (Å²) >= 11 is 0. The topological polar surface area (TPSA) is 72.5 Å². The van der Waals surface area contributed by atoms with Crippen LogP contribution in [0.4, 0.5) is 0 Å². The summed E-state index contributed by atoms with van der Waals surface area (Å²) < 4.78 is 28.6. The van der Waals surface area contributed by atoms with Gasteiger partial charge in [0, 0.05) is 19.0 Å². The second kappa shape index (κ2) is 6.15. The van der Waals surface area contributed by atoms with Crippen molar-refractivity contribution in [1.29, 1.82) is 0 Å². The van der Waals surface area contributed by atoms with E-state index in [4.69, 9.17) is 4.74 Å². The molecule has 1 saturated heterocycles. The first kappa shape index (κ1) is 16.0. The second-order valence-corrected chi connectivity index (χ2v) is 7.71. The highest BCUT2D eigenvalue weighted by Gasteiger charge is 2.27. The van der Waals surface area contributed by atoms with Crippen LogP contribution in [0.3, 0.4) is 0 Å². The molecule has 0 aliphatic carbocycles. The zero-order valence-electron chi connectivity index (χ0n) is 12.6. The number of hydrogen-bond donors (Lipinski definition) is 1. The summed E-state index contributed by atoms with van der Waals surface area (Å²) in [6.07, 6.45) is 0.165. The highest BCUT2D eigenvalue weighted by molar-refractivity contribution is 7.91. The van der Waals surface area contributed by atoms with E-state index in [0.717, 1.165) is 11.1 Å². The third-order valence-corrected chi connectivity index (χ3v) is 5.65. The van der Waals surface area contributed by atoms with Crippen LogP contribution in [0.15, 0.2) is 12.1 Å². The number of carbonyl (C=O) groups is 1. The molecular weight excluding hydrogens is 290 g/mol. The Balaban J connectivity index is 2.19. The fraction of sp³-hybridized carbons (Fsp3) is 0.533. The lowest BCUT2D eigenvalue weighted by atomic mass is 9.98. The SMILES string of the molecule is COc1c(C(=O)CC2CS(=O)(=O)CCN2)ccc(C)c1C. The number of rotatable bonds is 4. The van der Waals surface area contributed by atoms with Crippen LogP contribution in [-0.2, 0) is 9.84 Å². The molecule has 5 nitrogen and oxygen atoms in total. The lowest BCUT2D eigenvalue weighted by Crippen LogP contribution is -2.46. The molecule has 116 valence electrons.